The van der Waals surface area contributed by atoms with E-state index in [9.17, 15) is 21.9 Å². The van der Waals surface area contributed by atoms with Gasteiger partial charge in [0, 0.05) is 19.1 Å². The summed E-state index contributed by atoms with van der Waals surface area (Å²) < 4.78 is 40.5. The van der Waals surface area contributed by atoms with Crippen molar-refractivity contribution in [1.82, 2.24) is 14.6 Å². The number of anilines is 1. The fourth-order valence-electron chi connectivity index (χ4n) is 2.35. The van der Waals surface area contributed by atoms with Crippen molar-refractivity contribution in [2.24, 2.45) is 0 Å². The molecular formula is C14H21FN4O5S2. The van der Waals surface area contributed by atoms with Gasteiger partial charge in [0.05, 0.1) is 5.69 Å². The lowest BCUT2D eigenvalue weighted by Crippen LogP contribution is -2.37. The Morgan fingerprint density at radius 3 is 2.58 bits per heavy atom. The third-order valence-electron chi connectivity index (χ3n) is 3.41. The van der Waals surface area contributed by atoms with Crippen molar-refractivity contribution >= 4 is 38.9 Å². The van der Waals surface area contributed by atoms with Crippen LogP contribution in [0.4, 0.5) is 13.8 Å². The summed E-state index contributed by atoms with van der Waals surface area (Å²) in [5.74, 6) is -0.458. The summed E-state index contributed by atoms with van der Waals surface area (Å²) in [5, 5.41) is 5.33. The molecule has 2 amide bonds. The summed E-state index contributed by atoms with van der Waals surface area (Å²) in [7, 11) is -4.76. The van der Waals surface area contributed by atoms with E-state index in [1.165, 1.54) is 0 Å². The fourth-order valence-corrected chi connectivity index (χ4v) is 3.88. The van der Waals surface area contributed by atoms with E-state index in [1.54, 1.807) is 27.7 Å². The molecule has 0 aliphatic carbocycles. The van der Waals surface area contributed by atoms with Crippen molar-refractivity contribution in [3.05, 3.63) is 10.6 Å². The van der Waals surface area contributed by atoms with E-state index in [0.717, 1.165) is 11.3 Å². The smallest absolute Gasteiger partial charge is 0.413 e. The number of halogens is 1. The molecule has 0 saturated carbocycles. The molecule has 0 bridgehead atoms. The van der Waals surface area contributed by atoms with Crippen molar-refractivity contribution in [1.29, 1.82) is 0 Å². The molecule has 1 atom stereocenters. The van der Waals surface area contributed by atoms with Crippen molar-refractivity contribution < 1.29 is 26.6 Å². The number of carbonyl (C=O) groups is 2. The maximum Gasteiger partial charge on any atom is 0.413 e. The summed E-state index contributed by atoms with van der Waals surface area (Å²) in [6, 6.07) is -0.489. The minimum atomic E-state index is -4.76. The zero-order chi connectivity index (χ0) is 19.7. The van der Waals surface area contributed by atoms with Gasteiger partial charge in [-0.2, -0.15) is 12.7 Å². The molecule has 2 heterocycles. The van der Waals surface area contributed by atoms with Gasteiger partial charge in [-0.15, -0.1) is 0 Å². The Balaban J connectivity index is 1.98. The van der Waals surface area contributed by atoms with E-state index >= 15 is 0 Å². The van der Waals surface area contributed by atoms with Gasteiger partial charge in [-0.05, 0) is 34.1 Å². The number of rotatable bonds is 4. The molecular weight excluding hydrogens is 387 g/mol. The number of aryl methyl sites for hydroxylation is 1. The number of hydrogen-bond donors (Lipinski definition) is 2. The van der Waals surface area contributed by atoms with Crippen LogP contribution < -0.4 is 10.6 Å². The molecule has 0 spiro atoms. The molecule has 12 heteroatoms. The topological polar surface area (TPSA) is 118 Å². The van der Waals surface area contributed by atoms with Crippen LogP contribution in [0, 0.1) is 6.92 Å². The zero-order valence-corrected chi connectivity index (χ0v) is 16.5. The predicted molar refractivity (Wildman–Crippen MR) is 94.2 cm³/mol. The Kier molecular flexibility index (Phi) is 5.88. The molecule has 146 valence electrons. The Labute approximate surface area is 155 Å². The molecule has 26 heavy (non-hydrogen) atoms. The van der Waals surface area contributed by atoms with Crippen molar-refractivity contribution in [3.63, 3.8) is 0 Å². The van der Waals surface area contributed by atoms with Gasteiger partial charge >= 0.3 is 16.5 Å². The van der Waals surface area contributed by atoms with Crippen LogP contribution in [-0.2, 0) is 15.1 Å². The summed E-state index contributed by atoms with van der Waals surface area (Å²) in [4.78, 5) is 28.5. The van der Waals surface area contributed by atoms with Crippen LogP contribution in [0.5, 0.6) is 0 Å². The first kappa shape index (κ1) is 20.5. The first-order chi connectivity index (χ1) is 11.8. The molecule has 0 radical (unpaired) electrons. The third kappa shape index (κ3) is 5.61. The van der Waals surface area contributed by atoms with E-state index in [4.69, 9.17) is 4.74 Å². The van der Waals surface area contributed by atoms with Gasteiger partial charge in [0.2, 0.25) is 0 Å². The van der Waals surface area contributed by atoms with Gasteiger partial charge in [-0.25, -0.2) is 9.78 Å². The molecule has 1 aliphatic heterocycles. The Hall–Kier alpha value is -1.79. The van der Waals surface area contributed by atoms with Gasteiger partial charge in [-0.3, -0.25) is 10.1 Å². The SMILES string of the molecule is Cc1nc(NC(=O)OC(C)(C)C)sc1C(=O)NC1CCN(S(=O)(=O)F)C1. The largest absolute Gasteiger partial charge is 0.444 e. The summed E-state index contributed by atoms with van der Waals surface area (Å²) >= 11 is 0.971. The molecule has 1 fully saturated rings. The number of nitrogens with one attached hydrogen (secondary N) is 2. The molecule has 1 aromatic heterocycles. The number of thiazole rings is 1. The van der Waals surface area contributed by atoms with Crippen LogP contribution in [0.2, 0.25) is 0 Å². The van der Waals surface area contributed by atoms with E-state index in [1.807, 2.05) is 0 Å². The lowest BCUT2D eigenvalue weighted by molar-refractivity contribution is 0.0635. The van der Waals surface area contributed by atoms with Crippen LogP contribution in [0.25, 0.3) is 0 Å². The highest BCUT2D eigenvalue weighted by Crippen LogP contribution is 2.24. The first-order valence-corrected chi connectivity index (χ1v) is 9.99. The molecule has 1 aromatic rings. The van der Waals surface area contributed by atoms with E-state index in [2.05, 4.69) is 15.6 Å². The predicted octanol–water partition coefficient (Wildman–Crippen LogP) is 1.82. The van der Waals surface area contributed by atoms with Crippen molar-refractivity contribution in [3.8, 4) is 0 Å². The number of amides is 2. The molecule has 1 saturated heterocycles. The molecule has 0 aromatic carbocycles. The molecule has 1 aliphatic rings. The van der Waals surface area contributed by atoms with Crippen LogP contribution in [-0.4, -0.2) is 54.4 Å². The van der Waals surface area contributed by atoms with Crippen molar-refractivity contribution in [2.75, 3.05) is 18.4 Å². The third-order valence-corrected chi connectivity index (χ3v) is 5.43. The number of carbonyl (C=O) groups excluding carboxylic acids is 2. The summed E-state index contributed by atoms with van der Waals surface area (Å²) in [5.41, 5.74) is -0.256. The average molecular weight is 408 g/mol. The number of aromatic nitrogens is 1. The maximum atomic E-state index is 13.0. The lowest BCUT2D eigenvalue weighted by Gasteiger charge is -2.18. The fraction of sp³-hybridized carbons (Fsp3) is 0.643. The first-order valence-electron chi connectivity index (χ1n) is 7.83. The molecule has 9 nitrogen and oxygen atoms in total. The highest BCUT2D eigenvalue weighted by atomic mass is 32.3. The number of hydrogen-bond acceptors (Lipinski definition) is 7. The second-order valence-corrected chi connectivity index (χ2v) is 9.16. The van der Waals surface area contributed by atoms with Gasteiger partial charge in [0.25, 0.3) is 5.91 Å². The van der Waals surface area contributed by atoms with Crippen LogP contribution >= 0.6 is 11.3 Å². The number of ether oxygens (including phenoxy) is 1. The van der Waals surface area contributed by atoms with Gasteiger partial charge < -0.3 is 10.1 Å². The van der Waals surface area contributed by atoms with E-state index < -0.39 is 34.1 Å². The maximum absolute atomic E-state index is 13.0. The minimum Gasteiger partial charge on any atom is -0.444 e. The zero-order valence-electron chi connectivity index (χ0n) is 14.8. The standard InChI is InChI=1S/C14H21FN4O5S2/c1-8-10(25-12(16-8)18-13(21)24-14(2,3)4)11(20)17-9-5-6-19(7-9)26(15,22)23/h9H,5-7H2,1-4H3,(H,17,20)(H,16,18,21). The van der Waals surface area contributed by atoms with E-state index in [0.29, 0.717) is 16.4 Å². The molecule has 2 rings (SSSR count). The average Bonchev–Trinajstić information content (AvgIpc) is 3.02. The van der Waals surface area contributed by atoms with E-state index in [-0.39, 0.29) is 23.1 Å². The summed E-state index contributed by atoms with van der Waals surface area (Å²) in [6.45, 7) is 6.67. The van der Waals surface area contributed by atoms with Gasteiger partial charge in [0.15, 0.2) is 5.13 Å². The monoisotopic (exact) mass is 408 g/mol. The van der Waals surface area contributed by atoms with Crippen LogP contribution in [0.15, 0.2) is 0 Å². The Morgan fingerprint density at radius 2 is 2.04 bits per heavy atom. The highest BCUT2D eigenvalue weighted by Gasteiger charge is 2.32. The second-order valence-electron chi connectivity index (χ2n) is 6.82. The van der Waals surface area contributed by atoms with Gasteiger partial charge in [0.1, 0.15) is 10.5 Å². The lowest BCUT2D eigenvalue weighted by atomic mass is 10.2. The summed E-state index contributed by atoms with van der Waals surface area (Å²) in [6.07, 6.45) is -0.367. The van der Waals surface area contributed by atoms with Crippen LogP contribution in [0.1, 0.15) is 42.6 Å². The second kappa shape index (κ2) is 7.45. The van der Waals surface area contributed by atoms with Gasteiger partial charge in [-0.1, -0.05) is 15.2 Å². The Morgan fingerprint density at radius 1 is 1.38 bits per heavy atom. The van der Waals surface area contributed by atoms with Crippen LogP contribution in [0.3, 0.4) is 0 Å². The quantitative estimate of drug-likeness (QED) is 0.734. The number of nitrogens with zero attached hydrogens (tertiary/aromatic N) is 2. The normalized spacial score (nSPS) is 18.6. The molecule has 2 N–H and O–H groups in total. The highest BCUT2D eigenvalue weighted by molar-refractivity contribution is 7.83. The Bertz CT molecular complexity index is 803. The minimum absolute atomic E-state index is 0.0108. The molecule has 1 unspecified atom stereocenters. The van der Waals surface area contributed by atoms with Crippen molar-refractivity contribution in [2.45, 2.75) is 45.8 Å².